The maximum absolute atomic E-state index is 13.7. The molecule has 0 unspecified atom stereocenters. The molecule has 1 fully saturated rings. The first-order valence-corrected chi connectivity index (χ1v) is 8.61. The van der Waals surface area contributed by atoms with Crippen molar-refractivity contribution in [2.24, 2.45) is 5.41 Å². The fourth-order valence-electron chi connectivity index (χ4n) is 5.19. The third-order valence-electron chi connectivity index (χ3n) is 6.22. The standard InChI is InChI=1S/C21H18O5/c1-24-18(23)19-11-13-7-3-5-9-15(13)21(19)17(22)14-8-4-6-10-16(14)20(12-19,25-2)26-21/h3-10H,11-12H2,1-2H3/t19-,20+,21+/m0/s1. The second-order valence-corrected chi connectivity index (χ2v) is 7.20. The molecule has 0 saturated carbocycles. The summed E-state index contributed by atoms with van der Waals surface area (Å²) in [6.07, 6.45) is 0.626. The van der Waals surface area contributed by atoms with Gasteiger partial charge in [-0.15, -0.1) is 0 Å². The Morgan fingerprint density at radius 1 is 1.04 bits per heavy atom. The van der Waals surface area contributed by atoms with Crippen LogP contribution in [0.3, 0.4) is 0 Å². The number of ether oxygens (including phenoxy) is 3. The molecule has 0 radical (unpaired) electrons. The lowest BCUT2D eigenvalue weighted by Crippen LogP contribution is -2.52. The number of fused-ring (bicyclic) bond motifs is 4. The lowest BCUT2D eigenvalue weighted by molar-refractivity contribution is -0.246. The van der Waals surface area contributed by atoms with E-state index in [-0.39, 0.29) is 12.2 Å². The largest absolute Gasteiger partial charge is 0.468 e. The van der Waals surface area contributed by atoms with Gasteiger partial charge < -0.3 is 14.2 Å². The molecule has 2 aromatic rings. The van der Waals surface area contributed by atoms with Crippen molar-refractivity contribution in [1.82, 2.24) is 0 Å². The number of carbonyl (C=O) groups is 2. The maximum atomic E-state index is 13.7. The monoisotopic (exact) mass is 350 g/mol. The number of hydrogen-bond donors (Lipinski definition) is 0. The number of benzene rings is 2. The molecule has 2 heterocycles. The predicted octanol–water partition coefficient (Wildman–Crippen LogP) is 2.71. The highest BCUT2D eigenvalue weighted by atomic mass is 16.7. The van der Waals surface area contributed by atoms with E-state index in [9.17, 15) is 9.59 Å². The highest BCUT2D eigenvalue weighted by molar-refractivity contribution is 6.10. The molecule has 0 aromatic heterocycles. The van der Waals surface area contributed by atoms with Gasteiger partial charge >= 0.3 is 5.97 Å². The molecule has 1 saturated heterocycles. The molecule has 3 aliphatic rings. The van der Waals surface area contributed by atoms with Crippen molar-refractivity contribution in [3.63, 3.8) is 0 Å². The molecule has 2 aliphatic heterocycles. The Balaban J connectivity index is 1.89. The zero-order valence-electron chi connectivity index (χ0n) is 14.6. The van der Waals surface area contributed by atoms with Crippen LogP contribution in [0.25, 0.3) is 0 Å². The van der Waals surface area contributed by atoms with Gasteiger partial charge in [-0.3, -0.25) is 9.59 Å². The highest BCUT2D eigenvalue weighted by Crippen LogP contribution is 2.69. The molecule has 132 valence electrons. The first-order chi connectivity index (χ1) is 12.5. The van der Waals surface area contributed by atoms with Crippen LogP contribution in [0.5, 0.6) is 0 Å². The van der Waals surface area contributed by atoms with Gasteiger partial charge in [-0.05, 0) is 17.5 Å². The van der Waals surface area contributed by atoms with Gasteiger partial charge in [0.2, 0.25) is 5.78 Å². The van der Waals surface area contributed by atoms with Gasteiger partial charge in [0.05, 0.1) is 7.11 Å². The van der Waals surface area contributed by atoms with Gasteiger partial charge in [0.25, 0.3) is 0 Å². The Hall–Kier alpha value is -2.50. The van der Waals surface area contributed by atoms with Crippen molar-refractivity contribution in [2.75, 3.05) is 14.2 Å². The number of esters is 1. The van der Waals surface area contributed by atoms with Crippen molar-refractivity contribution in [3.8, 4) is 0 Å². The first kappa shape index (κ1) is 15.7. The summed E-state index contributed by atoms with van der Waals surface area (Å²) >= 11 is 0. The number of rotatable bonds is 2. The van der Waals surface area contributed by atoms with Crippen molar-refractivity contribution >= 4 is 11.8 Å². The van der Waals surface area contributed by atoms with Gasteiger partial charge in [0, 0.05) is 24.7 Å². The number of hydrogen-bond acceptors (Lipinski definition) is 5. The van der Waals surface area contributed by atoms with Crippen LogP contribution in [0.15, 0.2) is 48.5 Å². The molecule has 0 amide bonds. The van der Waals surface area contributed by atoms with Crippen molar-refractivity contribution in [1.29, 1.82) is 0 Å². The van der Waals surface area contributed by atoms with E-state index in [0.29, 0.717) is 17.5 Å². The molecule has 1 aliphatic carbocycles. The topological polar surface area (TPSA) is 61.8 Å². The van der Waals surface area contributed by atoms with Crippen molar-refractivity contribution in [3.05, 3.63) is 70.8 Å². The molecule has 3 atom stereocenters. The van der Waals surface area contributed by atoms with Crippen molar-refractivity contribution in [2.45, 2.75) is 24.2 Å². The molecular weight excluding hydrogens is 332 g/mol. The number of carbonyl (C=O) groups excluding carboxylic acids is 2. The quantitative estimate of drug-likeness (QED) is 0.780. The van der Waals surface area contributed by atoms with E-state index >= 15 is 0 Å². The normalized spacial score (nSPS) is 33.4. The van der Waals surface area contributed by atoms with Gasteiger partial charge in [0.1, 0.15) is 5.41 Å². The van der Waals surface area contributed by atoms with Crippen LogP contribution >= 0.6 is 0 Å². The first-order valence-electron chi connectivity index (χ1n) is 8.61. The third kappa shape index (κ3) is 1.47. The van der Waals surface area contributed by atoms with E-state index in [1.165, 1.54) is 7.11 Å². The van der Waals surface area contributed by atoms with Gasteiger partial charge in [-0.2, -0.15) is 0 Å². The summed E-state index contributed by atoms with van der Waals surface area (Å²) in [6, 6.07) is 14.9. The molecule has 5 heteroatoms. The molecule has 1 spiro atoms. The molecule has 26 heavy (non-hydrogen) atoms. The summed E-state index contributed by atoms with van der Waals surface area (Å²) in [5, 5.41) is 0. The van der Waals surface area contributed by atoms with Crippen LogP contribution in [-0.4, -0.2) is 26.0 Å². The SMILES string of the molecule is COC(=O)[C@@]12Cc3ccccc3[C@]13O[C@](OC)(C2)c1ccccc1C3=O. The molecule has 0 N–H and O–H groups in total. The van der Waals surface area contributed by atoms with E-state index in [4.69, 9.17) is 14.2 Å². The molecule has 2 aromatic carbocycles. The second-order valence-electron chi connectivity index (χ2n) is 7.20. The molecular formula is C21H18O5. The summed E-state index contributed by atoms with van der Waals surface area (Å²) in [6.45, 7) is 0. The number of ketones is 1. The third-order valence-corrected chi connectivity index (χ3v) is 6.22. The summed E-state index contributed by atoms with van der Waals surface area (Å²) in [5.41, 5.74) is 0.342. The molecule has 5 rings (SSSR count). The second kappa shape index (κ2) is 4.81. The fraction of sp³-hybridized carbons (Fsp3) is 0.333. The minimum Gasteiger partial charge on any atom is -0.468 e. The Morgan fingerprint density at radius 3 is 2.46 bits per heavy atom. The number of methoxy groups -OCH3 is 2. The van der Waals surface area contributed by atoms with E-state index in [1.807, 2.05) is 42.5 Å². The average molecular weight is 350 g/mol. The van der Waals surface area contributed by atoms with Crippen LogP contribution in [0.4, 0.5) is 0 Å². The Morgan fingerprint density at radius 2 is 1.73 bits per heavy atom. The van der Waals surface area contributed by atoms with Crippen LogP contribution in [0.1, 0.15) is 33.5 Å². The van der Waals surface area contributed by atoms with Crippen molar-refractivity contribution < 1.29 is 23.8 Å². The zero-order chi connectivity index (χ0) is 18.2. The predicted molar refractivity (Wildman–Crippen MR) is 91.4 cm³/mol. The minimum absolute atomic E-state index is 0.200. The smallest absolute Gasteiger partial charge is 0.316 e. The number of Topliss-reactive ketones (excluding diaryl/α,β-unsaturated/α-hetero) is 1. The summed E-state index contributed by atoms with van der Waals surface area (Å²) in [7, 11) is 2.91. The average Bonchev–Trinajstić information content (AvgIpc) is 3.11. The van der Waals surface area contributed by atoms with E-state index in [1.54, 1.807) is 13.2 Å². The van der Waals surface area contributed by atoms with Crippen LogP contribution in [0, 0.1) is 5.41 Å². The summed E-state index contributed by atoms with van der Waals surface area (Å²) in [5.74, 6) is -1.78. The van der Waals surface area contributed by atoms with Crippen LogP contribution in [0.2, 0.25) is 0 Å². The highest BCUT2D eigenvalue weighted by Gasteiger charge is 2.79. The fourth-order valence-corrected chi connectivity index (χ4v) is 5.19. The van der Waals surface area contributed by atoms with Gasteiger partial charge in [-0.25, -0.2) is 0 Å². The molecule has 5 nitrogen and oxygen atoms in total. The molecule has 2 bridgehead atoms. The maximum Gasteiger partial charge on any atom is 0.316 e. The Bertz CT molecular complexity index is 966. The van der Waals surface area contributed by atoms with E-state index < -0.39 is 22.8 Å². The zero-order valence-corrected chi connectivity index (χ0v) is 14.6. The van der Waals surface area contributed by atoms with Gasteiger partial charge in [0.15, 0.2) is 11.4 Å². The van der Waals surface area contributed by atoms with E-state index in [0.717, 1.165) is 11.1 Å². The Kier molecular flexibility index (Phi) is 2.91. The van der Waals surface area contributed by atoms with E-state index in [2.05, 4.69) is 0 Å². The minimum atomic E-state index is -1.42. The van der Waals surface area contributed by atoms with Crippen LogP contribution in [-0.2, 0) is 36.8 Å². The van der Waals surface area contributed by atoms with Crippen LogP contribution < -0.4 is 0 Å². The summed E-state index contributed by atoms with van der Waals surface area (Å²) < 4.78 is 17.5. The lowest BCUT2D eigenvalue weighted by Gasteiger charge is -2.40. The lowest BCUT2D eigenvalue weighted by atomic mass is 9.69. The summed E-state index contributed by atoms with van der Waals surface area (Å²) in [4.78, 5) is 26.8. The Labute approximate surface area is 150 Å². The van der Waals surface area contributed by atoms with Gasteiger partial charge in [-0.1, -0.05) is 48.5 Å².